The molecule has 0 rings (SSSR count). The van der Waals surface area contributed by atoms with Crippen molar-refractivity contribution in [2.24, 2.45) is 0 Å². The molecule has 3 nitrogen and oxygen atoms in total. The Hall–Kier alpha value is -0.120. The van der Waals surface area contributed by atoms with E-state index >= 15 is 0 Å². The minimum absolute atomic E-state index is 0.551. The van der Waals surface area contributed by atoms with E-state index in [1.54, 1.807) is 0 Å². The average Bonchev–Trinajstić information content (AvgIpc) is 2.52. The maximum absolute atomic E-state index is 9.85. The zero-order chi connectivity index (χ0) is 17.2. The van der Waals surface area contributed by atoms with Crippen LogP contribution in [-0.2, 0) is 0 Å². The molecule has 23 heavy (non-hydrogen) atoms. The van der Waals surface area contributed by atoms with Crippen molar-refractivity contribution in [3.63, 3.8) is 0 Å². The molecule has 0 radical (unpaired) electrons. The lowest BCUT2D eigenvalue weighted by Crippen LogP contribution is -2.38. The summed E-state index contributed by atoms with van der Waals surface area (Å²) in [6, 6.07) is 0. The molecule has 3 N–H and O–H groups in total. The zero-order valence-electron chi connectivity index (χ0n) is 15.9. The predicted octanol–water partition coefficient (Wildman–Crippen LogP) is 5.49. The molecule has 0 saturated heterocycles. The number of rotatable bonds is 18. The third kappa shape index (κ3) is 18.1. The van der Waals surface area contributed by atoms with Gasteiger partial charge < -0.3 is 10.2 Å². The van der Waals surface area contributed by atoms with E-state index in [9.17, 15) is 10.2 Å². The van der Waals surface area contributed by atoms with E-state index in [-0.39, 0.29) is 0 Å². The Morgan fingerprint density at radius 3 is 1.26 bits per heavy atom. The van der Waals surface area contributed by atoms with Gasteiger partial charge in [-0.15, -0.1) is 0 Å². The van der Waals surface area contributed by atoms with Crippen molar-refractivity contribution in [2.75, 3.05) is 0 Å². The summed E-state index contributed by atoms with van der Waals surface area (Å²) in [5, 5.41) is 22.5. The molecular weight excluding hydrogens is 286 g/mol. The molecule has 0 amide bonds. The lowest BCUT2D eigenvalue weighted by molar-refractivity contribution is 0.0311. The fourth-order valence-electron chi connectivity index (χ4n) is 2.98. The van der Waals surface area contributed by atoms with E-state index in [0.29, 0.717) is 0 Å². The Morgan fingerprint density at radius 2 is 0.826 bits per heavy atom. The normalized spacial score (nSPS) is 14.1. The molecule has 0 aliphatic carbocycles. The van der Waals surface area contributed by atoms with Gasteiger partial charge in [-0.3, -0.25) is 5.32 Å². The number of unbranched alkanes of at least 4 members (excludes halogenated alkanes) is 12. The van der Waals surface area contributed by atoms with Gasteiger partial charge in [0.15, 0.2) is 0 Å². The molecule has 3 heteroatoms. The predicted molar refractivity (Wildman–Crippen MR) is 100 cm³/mol. The molecule has 2 atom stereocenters. The third-order valence-corrected chi connectivity index (χ3v) is 4.55. The Morgan fingerprint density at radius 1 is 0.522 bits per heavy atom. The van der Waals surface area contributed by atoms with Crippen molar-refractivity contribution in [2.45, 2.75) is 129 Å². The molecule has 0 aliphatic rings. The van der Waals surface area contributed by atoms with Crippen molar-refractivity contribution in [3.8, 4) is 0 Å². The fourth-order valence-corrected chi connectivity index (χ4v) is 2.98. The lowest BCUT2D eigenvalue weighted by Gasteiger charge is -2.18. The molecule has 0 spiro atoms. The quantitative estimate of drug-likeness (QED) is 0.230. The van der Waals surface area contributed by atoms with Crippen LogP contribution < -0.4 is 5.32 Å². The maximum Gasteiger partial charge on any atom is 0.106 e. The van der Waals surface area contributed by atoms with Crippen LogP contribution in [-0.4, -0.2) is 22.7 Å². The molecule has 0 aromatic rings. The van der Waals surface area contributed by atoms with Crippen LogP contribution in [0.5, 0.6) is 0 Å². The van der Waals surface area contributed by atoms with Gasteiger partial charge in [-0.25, -0.2) is 0 Å². The summed E-state index contributed by atoms with van der Waals surface area (Å²) in [6.07, 6.45) is 18.3. The van der Waals surface area contributed by atoms with Crippen LogP contribution >= 0.6 is 0 Å². The molecular formula is C20H43NO2. The Labute approximate surface area is 145 Å². The van der Waals surface area contributed by atoms with E-state index in [4.69, 9.17) is 0 Å². The van der Waals surface area contributed by atoms with E-state index in [1.165, 1.54) is 64.2 Å². The molecule has 0 heterocycles. The summed E-state index contributed by atoms with van der Waals surface area (Å²) in [5.74, 6) is 0. The minimum atomic E-state index is -0.552. The van der Waals surface area contributed by atoms with E-state index < -0.39 is 12.5 Å². The zero-order valence-corrected chi connectivity index (χ0v) is 15.9. The van der Waals surface area contributed by atoms with Crippen LogP contribution in [0.25, 0.3) is 0 Å². The lowest BCUT2D eigenvalue weighted by atomic mass is 10.1. The van der Waals surface area contributed by atoms with Gasteiger partial charge in [-0.05, 0) is 25.7 Å². The van der Waals surface area contributed by atoms with Gasteiger partial charge in [0.1, 0.15) is 12.5 Å². The van der Waals surface area contributed by atoms with Gasteiger partial charge >= 0.3 is 0 Å². The Kier molecular flexibility index (Phi) is 18.1. The number of nitrogens with one attached hydrogen (secondary N) is 1. The second-order valence-corrected chi connectivity index (χ2v) is 7.02. The summed E-state index contributed by atoms with van der Waals surface area (Å²) < 4.78 is 0. The SMILES string of the molecule is CCCCCCCCCCCCCC(O)NC(O)CCCCC. The second kappa shape index (κ2) is 18.2. The highest BCUT2D eigenvalue weighted by Gasteiger charge is 2.09. The van der Waals surface area contributed by atoms with Crippen LogP contribution in [0, 0.1) is 0 Å². The first-order valence-corrected chi connectivity index (χ1v) is 10.3. The standard InChI is InChI=1S/C20H43NO2/c1-3-5-7-8-9-10-11-12-13-14-16-18-20(23)21-19(22)17-15-6-4-2/h19-23H,3-18H2,1-2H3. The Bertz CT molecular complexity index is 224. The molecule has 0 saturated carbocycles. The number of hydrogen-bond acceptors (Lipinski definition) is 3. The molecule has 0 bridgehead atoms. The molecule has 0 aliphatic heterocycles. The van der Waals surface area contributed by atoms with Crippen molar-refractivity contribution in [1.82, 2.24) is 5.32 Å². The monoisotopic (exact) mass is 329 g/mol. The van der Waals surface area contributed by atoms with Crippen molar-refractivity contribution >= 4 is 0 Å². The highest BCUT2D eigenvalue weighted by Crippen LogP contribution is 2.12. The van der Waals surface area contributed by atoms with Crippen molar-refractivity contribution in [1.29, 1.82) is 0 Å². The molecule has 0 aromatic carbocycles. The van der Waals surface area contributed by atoms with Crippen LogP contribution in [0.4, 0.5) is 0 Å². The first-order chi connectivity index (χ1) is 11.2. The fraction of sp³-hybridized carbons (Fsp3) is 1.00. The molecule has 2 unspecified atom stereocenters. The van der Waals surface area contributed by atoms with Gasteiger partial charge in [-0.2, -0.15) is 0 Å². The highest BCUT2D eigenvalue weighted by atomic mass is 16.3. The van der Waals surface area contributed by atoms with Crippen LogP contribution in [0.15, 0.2) is 0 Å². The van der Waals surface area contributed by atoms with Gasteiger partial charge in [0, 0.05) is 0 Å². The van der Waals surface area contributed by atoms with Gasteiger partial charge in [-0.1, -0.05) is 90.9 Å². The number of aliphatic hydroxyl groups is 2. The average molecular weight is 330 g/mol. The summed E-state index contributed by atoms with van der Waals surface area (Å²) in [6.45, 7) is 4.42. The number of hydrogen-bond donors (Lipinski definition) is 3. The van der Waals surface area contributed by atoms with Crippen LogP contribution in [0.3, 0.4) is 0 Å². The first kappa shape index (κ1) is 22.9. The van der Waals surface area contributed by atoms with Crippen LogP contribution in [0.1, 0.15) is 117 Å². The van der Waals surface area contributed by atoms with E-state index in [2.05, 4.69) is 19.2 Å². The second-order valence-electron chi connectivity index (χ2n) is 7.02. The highest BCUT2D eigenvalue weighted by molar-refractivity contribution is 4.59. The first-order valence-electron chi connectivity index (χ1n) is 10.3. The van der Waals surface area contributed by atoms with Crippen molar-refractivity contribution in [3.05, 3.63) is 0 Å². The summed E-state index contributed by atoms with van der Waals surface area (Å²) >= 11 is 0. The largest absolute Gasteiger partial charge is 0.379 e. The van der Waals surface area contributed by atoms with Gasteiger partial charge in [0.25, 0.3) is 0 Å². The maximum atomic E-state index is 9.85. The topological polar surface area (TPSA) is 52.5 Å². The Balaban J connectivity index is 3.24. The third-order valence-electron chi connectivity index (χ3n) is 4.55. The molecule has 0 aromatic heterocycles. The van der Waals surface area contributed by atoms with Gasteiger partial charge in [0.05, 0.1) is 0 Å². The van der Waals surface area contributed by atoms with E-state index in [0.717, 1.165) is 38.5 Å². The van der Waals surface area contributed by atoms with Gasteiger partial charge in [0.2, 0.25) is 0 Å². The van der Waals surface area contributed by atoms with E-state index in [1.807, 2.05) is 0 Å². The molecule has 0 fully saturated rings. The van der Waals surface area contributed by atoms with Crippen LogP contribution in [0.2, 0.25) is 0 Å². The molecule has 140 valence electrons. The number of aliphatic hydroxyl groups excluding tert-OH is 2. The minimum Gasteiger partial charge on any atom is -0.379 e. The summed E-state index contributed by atoms with van der Waals surface area (Å²) in [5.41, 5.74) is 0. The summed E-state index contributed by atoms with van der Waals surface area (Å²) in [4.78, 5) is 0. The smallest absolute Gasteiger partial charge is 0.106 e. The van der Waals surface area contributed by atoms with Crippen molar-refractivity contribution < 1.29 is 10.2 Å². The summed E-state index contributed by atoms with van der Waals surface area (Å²) in [7, 11) is 0.